The van der Waals surface area contributed by atoms with Crippen LogP contribution in [-0.2, 0) is 4.79 Å². The first kappa shape index (κ1) is 17.5. The van der Waals surface area contributed by atoms with Crippen LogP contribution in [0.15, 0.2) is 11.1 Å². The molecular formula is C15H22N2O3S. The molecule has 1 heterocycles. The van der Waals surface area contributed by atoms with E-state index in [2.05, 4.69) is 10.3 Å². The number of aromatic carboxylic acids is 1. The lowest BCUT2D eigenvalue weighted by Gasteiger charge is -2.17. The minimum absolute atomic E-state index is 0.103. The van der Waals surface area contributed by atoms with E-state index in [9.17, 15) is 14.7 Å². The molecule has 0 aliphatic carbocycles. The number of nitrogens with one attached hydrogen (secondary N) is 1. The number of hydrogen-bond donors (Lipinski definition) is 2. The zero-order chi connectivity index (χ0) is 16.2. The summed E-state index contributed by atoms with van der Waals surface area (Å²) in [6, 6.07) is 1.84. The van der Waals surface area contributed by atoms with Gasteiger partial charge in [-0.05, 0) is 45.7 Å². The third-order valence-corrected chi connectivity index (χ3v) is 4.27. The standard InChI is InChI=1S/C15H22N2O3S/c1-6-9(3)16-13(18)11(5)21-14-12(15(19)20)8(2)7-10(4)17-14/h7,9,11H,6H2,1-5H3,(H,16,18)(H,19,20). The van der Waals surface area contributed by atoms with Gasteiger partial charge in [0.1, 0.15) is 5.03 Å². The van der Waals surface area contributed by atoms with Gasteiger partial charge in [0.15, 0.2) is 0 Å². The third kappa shape index (κ3) is 4.74. The highest BCUT2D eigenvalue weighted by molar-refractivity contribution is 8.00. The Bertz CT molecular complexity index is 546. The second-order valence-electron chi connectivity index (χ2n) is 5.14. The molecule has 1 aromatic rings. The largest absolute Gasteiger partial charge is 0.478 e. The zero-order valence-electron chi connectivity index (χ0n) is 13.1. The van der Waals surface area contributed by atoms with E-state index in [1.54, 1.807) is 19.9 Å². The second-order valence-corrected chi connectivity index (χ2v) is 6.47. The number of thioether (sulfide) groups is 1. The molecule has 0 aliphatic rings. The topological polar surface area (TPSA) is 79.3 Å². The van der Waals surface area contributed by atoms with E-state index in [0.717, 1.165) is 12.1 Å². The molecule has 1 rings (SSSR count). The van der Waals surface area contributed by atoms with Crippen LogP contribution < -0.4 is 5.32 Å². The van der Waals surface area contributed by atoms with Gasteiger partial charge in [-0.15, -0.1) is 0 Å². The third-order valence-electron chi connectivity index (χ3n) is 3.18. The molecule has 21 heavy (non-hydrogen) atoms. The summed E-state index contributed by atoms with van der Waals surface area (Å²) < 4.78 is 0. The van der Waals surface area contributed by atoms with Gasteiger partial charge in [0.2, 0.25) is 5.91 Å². The molecule has 0 radical (unpaired) electrons. The first-order valence-corrected chi connectivity index (χ1v) is 7.82. The van der Waals surface area contributed by atoms with Crippen molar-refractivity contribution in [2.45, 2.75) is 57.4 Å². The van der Waals surface area contributed by atoms with Gasteiger partial charge in [0, 0.05) is 11.7 Å². The minimum Gasteiger partial charge on any atom is -0.478 e. The molecule has 116 valence electrons. The molecule has 0 saturated carbocycles. The van der Waals surface area contributed by atoms with E-state index in [4.69, 9.17) is 0 Å². The number of carbonyl (C=O) groups is 2. The van der Waals surface area contributed by atoms with Crippen LogP contribution in [0.4, 0.5) is 0 Å². The number of nitrogens with zero attached hydrogens (tertiary/aromatic N) is 1. The van der Waals surface area contributed by atoms with E-state index >= 15 is 0 Å². The van der Waals surface area contributed by atoms with Crippen LogP contribution in [0.1, 0.15) is 48.8 Å². The van der Waals surface area contributed by atoms with Gasteiger partial charge < -0.3 is 10.4 Å². The maximum absolute atomic E-state index is 12.1. The molecule has 0 spiro atoms. The summed E-state index contributed by atoms with van der Waals surface area (Å²) in [5.41, 5.74) is 1.58. The lowest BCUT2D eigenvalue weighted by atomic mass is 10.1. The molecule has 0 aliphatic heterocycles. The highest BCUT2D eigenvalue weighted by atomic mass is 32.2. The predicted molar refractivity (Wildman–Crippen MR) is 83.9 cm³/mol. The molecule has 0 saturated heterocycles. The predicted octanol–water partition coefficient (Wildman–Crippen LogP) is 2.79. The van der Waals surface area contributed by atoms with E-state index < -0.39 is 11.2 Å². The fourth-order valence-electron chi connectivity index (χ4n) is 1.83. The van der Waals surface area contributed by atoms with Crippen LogP contribution >= 0.6 is 11.8 Å². The molecule has 2 unspecified atom stereocenters. The summed E-state index contributed by atoms with van der Waals surface area (Å²) in [5, 5.41) is 12.2. The van der Waals surface area contributed by atoms with Crippen molar-refractivity contribution >= 4 is 23.6 Å². The molecule has 1 aromatic heterocycles. The molecule has 6 heteroatoms. The van der Waals surface area contributed by atoms with Crippen molar-refractivity contribution in [3.05, 3.63) is 22.9 Å². The molecule has 2 N–H and O–H groups in total. The number of aryl methyl sites for hydroxylation is 2. The van der Waals surface area contributed by atoms with Crippen molar-refractivity contribution < 1.29 is 14.7 Å². The average Bonchev–Trinajstić information content (AvgIpc) is 2.36. The molecule has 1 amide bonds. The van der Waals surface area contributed by atoms with Gasteiger partial charge in [-0.2, -0.15) is 0 Å². The Morgan fingerprint density at radius 2 is 2.00 bits per heavy atom. The first-order valence-electron chi connectivity index (χ1n) is 6.94. The summed E-state index contributed by atoms with van der Waals surface area (Å²) in [7, 11) is 0. The normalized spacial score (nSPS) is 13.6. The number of hydrogen-bond acceptors (Lipinski definition) is 4. The lowest BCUT2D eigenvalue weighted by Crippen LogP contribution is -2.37. The number of aromatic nitrogens is 1. The molecule has 0 fully saturated rings. The molecule has 5 nitrogen and oxygen atoms in total. The lowest BCUT2D eigenvalue weighted by molar-refractivity contribution is -0.120. The van der Waals surface area contributed by atoms with E-state index in [0.29, 0.717) is 10.6 Å². The maximum atomic E-state index is 12.1. The Morgan fingerprint density at radius 3 is 2.52 bits per heavy atom. The summed E-state index contributed by atoms with van der Waals surface area (Å²) in [4.78, 5) is 27.7. The number of carbonyl (C=O) groups excluding carboxylic acids is 1. The fraction of sp³-hybridized carbons (Fsp3) is 0.533. The van der Waals surface area contributed by atoms with Crippen molar-refractivity contribution in [1.82, 2.24) is 10.3 Å². The molecule has 2 atom stereocenters. The summed E-state index contributed by atoms with van der Waals surface area (Å²) in [6.07, 6.45) is 0.852. The van der Waals surface area contributed by atoms with Crippen molar-refractivity contribution in [2.75, 3.05) is 0 Å². The number of carboxylic acid groups (broad SMARTS) is 1. The minimum atomic E-state index is -1.02. The quantitative estimate of drug-likeness (QED) is 0.790. The SMILES string of the molecule is CCC(C)NC(=O)C(C)Sc1nc(C)cc(C)c1C(=O)O. The maximum Gasteiger partial charge on any atom is 0.338 e. The number of carboxylic acids is 1. The monoisotopic (exact) mass is 310 g/mol. The van der Waals surface area contributed by atoms with Crippen LogP contribution in [-0.4, -0.2) is 33.3 Å². The van der Waals surface area contributed by atoms with Gasteiger partial charge in [0.25, 0.3) is 0 Å². The van der Waals surface area contributed by atoms with E-state index in [-0.39, 0.29) is 17.5 Å². The average molecular weight is 310 g/mol. The summed E-state index contributed by atoms with van der Waals surface area (Å²) in [5.74, 6) is -1.12. The van der Waals surface area contributed by atoms with Crippen molar-refractivity contribution in [2.24, 2.45) is 0 Å². The van der Waals surface area contributed by atoms with Crippen LogP contribution in [0.2, 0.25) is 0 Å². The summed E-state index contributed by atoms with van der Waals surface area (Å²) >= 11 is 1.18. The Labute approximate surface area is 129 Å². The van der Waals surface area contributed by atoms with Gasteiger partial charge in [-0.25, -0.2) is 9.78 Å². The Kier molecular flexibility index (Phi) is 6.20. The number of pyridine rings is 1. The van der Waals surface area contributed by atoms with Crippen LogP contribution in [0.5, 0.6) is 0 Å². The Balaban J connectivity index is 2.97. The van der Waals surface area contributed by atoms with Crippen LogP contribution in [0.25, 0.3) is 0 Å². The van der Waals surface area contributed by atoms with Crippen LogP contribution in [0.3, 0.4) is 0 Å². The Morgan fingerprint density at radius 1 is 1.38 bits per heavy atom. The molecule has 0 bridgehead atoms. The van der Waals surface area contributed by atoms with Gasteiger partial charge >= 0.3 is 5.97 Å². The summed E-state index contributed by atoms with van der Waals surface area (Å²) in [6.45, 7) is 9.25. The molecule has 0 aromatic carbocycles. The highest BCUT2D eigenvalue weighted by Gasteiger charge is 2.22. The molecular weight excluding hydrogens is 288 g/mol. The number of rotatable bonds is 6. The second kappa shape index (κ2) is 7.45. The van der Waals surface area contributed by atoms with Gasteiger partial charge in [-0.1, -0.05) is 18.7 Å². The van der Waals surface area contributed by atoms with Crippen molar-refractivity contribution in [1.29, 1.82) is 0 Å². The number of amides is 1. The zero-order valence-corrected chi connectivity index (χ0v) is 13.9. The van der Waals surface area contributed by atoms with Crippen LogP contribution in [0, 0.1) is 13.8 Å². The van der Waals surface area contributed by atoms with Gasteiger partial charge in [0.05, 0.1) is 10.8 Å². The smallest absolute Gasteiger partial charge is 0.338 e. The van der Waals surface area contributed by atoms with Crippen molar-refractivity contribution in [3.63, 3.8) is 0 Å². The first-order chi connectivity index (χ1) is 9.76. The van der Waals surface area contributed by atoms with Crippen molar-refractivity contribution in [3.8, 4) is 0 Å². The highest BCUT2D eigenvalue weighted by Crippen LogP contribution is 2.28. The Hall–Kier alpha value is -1.56. The van der Waals surface area contributed by atoms with E-state index in [1.165, 1.54) is 11.8 Å². The fourth-order valence-corrected chi connectivity index (χ4v) is 2.90. The van der Waals surface area contributed by atoms with Gasteiger partial charge in [-0.3, -0.25) is 4.79 Å². The van der Waals surface area contributed by atoms with E-state index in [1.807, 2.05) is 20.8 Å².